The fourth-order valence-electron chi connectivity index (χ4n) is 0.794. The molecule has 0 bridgehead atoms. The molecule has 0 amide bonds. The summed E-state index contributed by atoms with van der Waals surface area (Å²) in [6.07, 6.45) is 0.884. The van der Waals surface area contributed by atoms with Crippen LogP contribution in [0.3, 0.4) is 0 Å². The smallest absolute Gasteiger partial charge is 0.251 e. The Labute approximate surface area is 59.9 Å². The van der Waals surface area contributed by atoms with E-state index in [0.717, 1.165) is 17.7 Å². The summed E-state index contributed by atoms with van der Waals surface area (Å²) in [6, 6.07) is 3.79. The van der Waals surface area contributed by atoms with Crippen molar-refractivity contribution in [2.45, 2.75) is 20.3 Å². The number of pyridine rings is 1. The van der Waals surface area contributed by atoms with Gasteiger partial charge in [-0.1, -0.05) is 13.0 Å². The molecule has 1 N–H and O–H groups in total. The Morgan fingerprint density at radius 3 is 2.70 bits per heavy atom. The molecule has 0 atom stereocenters. The van der Waals surface area contributed by atoms with E-state index in [0.29, 0.717) is 0 Å². The first kappa shape index (κ1) is 7.06. The molecule has 0 saturated heterocycles. The first-order valence-corrected chi connectivity index (χ1v) is 3.43. The molecule has 1 aromatic heterocycles. The van der Waals surface area contributed by atoms with Crippen LogP contribution in [0, 0.1) is 6.92 Å². The van der Waals surface area contributed by atoms with Crippen molar-refractivity contribution >= 4 is 0 Å². The summed E-state index contributed by atoms with van der Waals surface area (Å²) in [5, 5.41) is 0. The van der Waals surface area contributed by atoms with Crippen LogP contribution in [-0.4, -0.2) is 4.98 Å². The fourth-order valence-corrected chi connectivity index (χ4v) is 0.794. The van der Waals surface area contributed by atoms with Crippen LogP contribution >= 0.6 is 0 Å². The van der Waals surface area contributed by atoms with Gasteiger partial charge in [0.1, 0.15) is 0 Å². The van der Waals surface area contributed by atoms with Gasteiger partial charge in [-0.2, -0.15) is 0 Å². The molecular formula is C8H11NO. The third kappa shape index (κ3) is 1.26. The normalized spacial score (nSPS) is 9.80. The second-order valence-corrected chi connectivity index (χ2v) is 2.35. The summed E-state index contributed by atoms with van der Waals surface area (Å²) in [6.45, 7) is 3.82. The van der Waals surface area contributed by atoms with Crippen LogP contribution in [0.5, 0.6) is 0 Å². The number of hydrogen-bond donors (Lipinski definition) is 1. The molecule has 1 aromatic rings. The first-order valence-electron chi connectivity index (χ1n) is 3.43. The summed E-state index contributed by atoms with van der Waals surface area (Å²) in [5.41, 5.74) is 1.80. The molecule has 0 aliphatic heterocycles. The lowest BCUT2D eigenvalue weighted by Crippen LogP contribution is -2.10. The van der Waals surface area contributed by atoms with Crippen molar-refractivity contribution in [1.82, 2.24) is 4.98 Å². The lowest BCUT2D eigenvalue weighted by molar-refractivity contribution is 0.999. The maximum Gasteiger partial charge on any atom is 0.251 e. The van der Waals surface area contributed by atoms with Crippen molar-refractivity contribution < 1.29 is 0 Å². The van der Waals surface area contributed by atoms with Gasteiger partial charge in [0.25, 0.3) is 5.56 Å². The van der Waals surface area contributed by atoms with Gasteiger partial charge >= 0.3 is 0 Å². The van der Waals surface area contributed by atoms with Gasteiger partial charge in [-0.3, -0.25) is 4.79 Å². The molecule has 1 rings (SSSR count). The van der Waals surface area contributed by atoms with Crippen molar-refractivity contribution in [3.05, 3.63) is 33.7 Å². The van der Waals surface area contributed by atoms with E-state index in [2.05, 4.69) is 4.98 Å². The van der Waals surface area contributed by atoms with Crippen molar-refractivity contribution in [3.8, 4) is 0 Å². The van der Waals surface area contributed by atoms with Crippen LogP contribution in [-0.2, 0) is 6.42 Å². The Balaban J connectivity index is 3.17. The van der Waals surface area contributed by atoms with E-state index in [1.807, 2.05) is 19.1 Å². The number of hydrogen-bond acceptors (Lipinski definition) is 1. The lowest BCUT2D eigenvalue weighted by atomic mass is 10.2. The van der Waals surface area contributed by atoms with Crippen molar-refractivity contribution in [2.24, 2.45) is 0 Å². The predicted octanol–water partition coefficient (Wildman–Crippen LogP) is 1.25. The topological polar surface area (TPSA) is 32.9 Å². The number of rotatable bonds is 1. The Kier molecular flexibility index (Phi) is 1.90. The van der Waals surface area contributed by atoms with E-state index < -0.39 is 0 Å². The van der Waals surface area contributed by atoms with Crippen LogP contribution in [0.4, 0.5) is 0 Å². The van der Waals surface area contributed by atoms with Crippen molar-refractivity contribution in [3.63, 3.8) is 0 Å². The van der Waals surface area contributed by atoms with Crippen LogP contribution in [0.1, 0.15) is 18.2 Å². The minimum absolute atomic E-state index is 0.0272. The SMILES string of the molecule is CCc1ccc(C)c(=O)[nH]1. The molecule has 0 fully saturated rings. The molecule has 10 heavy (non-hydrogen) atoms. The minimum Gasteiger partial charge on any atom is -0.326 e. The van der Waals surface area contributed by atoms with E-state index in [1.165, 1.54) is 0 Å². The van der Waals surface area contributed by atoms with Gasteiger partial charge in [0.15, 0.2) is 0 Å². The molecule has 2 nitrogen and oxygen atoms in total. The molecule has 0 radical (unpaired) electrons. The number of nitrogens with one attached hydrogen (secondary N) is 1. The average Bonchev–Trinajstić information content (AvgIpc) is 1.95. The summed E-state index contributed by atoms with van der Waals surface area (Å²) in [4.78, 5) is 13.7. The van der Waals surface area contributed by atoms with Crippen LogP contribution in [0.15, 0.2) is 16.9 Å². The minimum atomic E-state index is 0.0272. The van der Waals surface area contributed by atoms with Crippen LogP contribution in [0.25, 0.3) is 0 Å². The highest BCUT2D eigenvalue weighted by molar-refractivity contribution is 5.12. The molecule has 54 valence electrons. The zero-order valence-electron chi connectivity index (χ0n) is 6.27. The Bertz CT molecular complexity index is 275. The molecule has 0 unspecified atom stereocenters. The quantitative estimate of drug-likeness (QED) is 0.620. The molecule has 0 aliphatic rings. The predicted molar refractivity (Wildman–Crippen MR) is 41.2 cm³/mol. The second kappa shape index (κ2) is 2.69. The van der Waals surface area contributed by atoms with Crippen LogP contribution < -0.4 is 5.56 Å². The number of aromatic nitrogens is 1. The van der Waals surface area contributed by atoms with Gasteiger partial charge in [-0.25, -0.2) is 0 Å². The summed E-state index contributed by atoms with van der Waals surface area (Å²) in [7, 11) is 0. The van der Waals surface area contributed by atoms with Gasteiger partial charge < -0.3 is 4.98 Å². The van der Waals surface area contributed by atoms with Crippen LogP contribution in [0.2, 0.25) is 0 Å². The van der Waals surface area contributed by atoms with Crippen molar-refractivity contribution in [1.29, 1.82) is 0 Å². The maximum atomic E-state index is 10.9. The zero-order valence-corrected chi connectivity index (χ0v) is 6.27. The molecule has 2 heteroatoms. The molecule has 0 spiro atoms. The molecule has 1 heterocycles. The standard InChI is InChI=1S/C8H11NO/c1-3-7-5-4-6(2)8(10)9-7/h4-5H,3H2,1-2H3,(H,9,10). The number of H-pyrrole nitrogens is 1. The molecular weight excluding hydrogens is 126 g/mol. The monoisotopic (exact) mass is 137 g/mol. The Morgan fingerprint density at radius 1 is 1.50 bits per heavy atom. The molecule has 0 aromatic carbocycles. The zero-order chi connectivity index (χ0) is 7.56. The highest BCUT2D eigenvalue weighted by Gasteiger charge is 1.92. The third-order valence-corrected chi connectivity index (χ3v) is 1.55. The second-order valence-electron chi connectivity index (χ2n) is 2.35. The first-order chi connectivity index (χ1) is 4.74. The summed E-state index contributed by atoms with van der Waals surface area (Å²) >= 11 is 0. The Hall–Kier alpha value is -1.05. The third-order valence-electron chi connectivity index (χ3n) is 1.55. The van der Waals surface area contributed by atoms with E-state index in [4.69, 9.17) is 0 Å². The maximum absolute atomic E-state index is 10.9. The van der Waals surface area contributed by atoms with Gasteiger partial charge in [-0.15, -0.1) is 0 Å². The average molecular weight is 137 g/mol. The van der Waals surface area contributed by atoms with E-state index >= 15 is 0 Å². The summed E-state index contributed by atoms with van der Waals surface area (Å²) in [5.74, 6) is 0. The summed E-state index contributed by atoms with van der Waals surface area (Å²) < 4.78 is 0. The largest absolute Gasteiger partial charge is 0.326 e. The van der Waals surface area contributed by atoms with E-state index in [-0.39, 0.29) is 5.56 Å². The molecule has 0 aliphatic carbocycles. The van der Waals surface area contributed by atoms with Crippen molar-refractivity contribution in [2.75, 3.05) is 0 Å². The highest BCUT2D eigenvalue weighted by atomic mass is 16.1. The van der Waals surface area contributed by atoms with E-state index in [9.17, 15) is 4.79 Å². The molecule has 0 saturated carbocycles. The van der Waals surface area contributed by atoms with Gasteiger partial charge in [0.05, 0.1) is 0 Å². The van der Waals surface area contributed by atoms with Gasteiger partial charge in [-0.05, 0) is 19.4 Å². The van der Waals surface area contributed by atoms with Gasteiger partial charge in [0.2, 0.25) is 0 Å². The lowest BCUT2D eigenvalue weighted by Gasteiger charge is -1.95. The number of aryl methyl sites for hydroxylation is 2. The fraction of sp³-hybridized carbons (Fsp3) is 0.375. The highest BCUT2D eigenvalue weighted by Crippen LogP contribution is 1.92. The Morgan fingerprint density at radius 2 is 2.20 bits per heavy atom. The van der Waals surface area contributed by atoms with Gasteiger partial charge in [0, 0.05) is 11.3 Å². The number of aromatic amines is 1. The van der Waals surface area contributed by atoms with E-state index in [1.54, 1.807) is 6.92 Å².